The Morgan fingerprint density at radius 1 is 1.45 bits per heavy atom. The maximum absolute atomic E-state index is 12.6. The molecule has 0 unspecified atom stereocenters. The first-order valence-electron chi connectivity index (χ1n) is 7.41. The molecule has 22 heavy (non-hydrogen) atoms. The average Bonchev–Trinajstić information content (AvgIpc) is 2.97. The summed E-state index contributed by atoms with van der Waals surface area (Å²) in [5.41, 5.74) is 6.75. The zero-order valence-corrected chi connectivity index (χ0v) is 12.4. The van der Waals surface area contributed by atoms with E-state index in [9.17, 15) is 9.59 Å². The molecule has 0 spiro atoms. The number of benzene rings is 1. The molecule has 1 aromatic heterocycles. The number of piperazine rings is 1. The Morgan fingerprint density at radius 3 is 3.00 bits per heavy atom. The molecule has 3 rings (SSSR count). The maximum Gasteiger partial charge on any atom is 0.289 e. The van der Waals surface area contributed by atoms with Gasteiger partial charge in [0.05, 0.1) is 11.1 Å². The van der Waals surface area contributed by atoms with Gasteiger partial charge in [0.25, 0.3) is 11.8 Å². The van der Waals surface area contributed by atoms with Gasteiger partial charge in [-0.25, -0.2) is 4.98 Å². The van der Waals surface area contributed by atoms with Crippen LogP contribution in [0.2, 0.25) is 0 Å². The third-order valence-electron chi connectivity index (χ3n) is 4.02. The molecule has 0 bridgehead atoms. The number of aromatic amines is 1. The van der Waals surface area contributed by atoms with E-state index in [1.807, 2.05) is 0 Å². The minimum absolute atomic E-state index is 0.147. The van der Waals surface area contributed by atoms with E-state index in [4.69, 9.17) is 5.73 Å². The minimum atomic E-state index is -0.552. The lowest BCUT2D eigenvalue weighted by Crippen LogP contribution is -2.52. The Bertz CT molecular complexity index is 724. The highest BCUT2D eigenvalue weighted by molar-refractivity contribution is 6.05. The number of primary amides is 1. The van der Waals surface area contributed by atoms with Gasteiger partial charge in [-0.2, -0.15) is 0 Å². The number of H-pyrrole nitrogens is 1. The molecule has 1 aromatic carbocycles. The molecule has 4 N–H and O–H groups in total. The van der Waals surface area contributed by atoms with Gasteiger partial charge in [0.2, 0.25) is 0 Å². The van der Waals surface area contributed by atoms with Gasteiger partial charge in [0.15, 0.2) is 5.82 Å². The molecule has 1 atom stereocenters. The van der Waals surface area contributed by atoms with Crippen LogP contribution < -0.4 is 11.1 Å². The number of carbonyl (C=O) groups excluding carboxylic acids is 2. The van der Waals surface area contributed by atoms with Crippen LogP contribution in [-0.2, 0) is 0 Å². The number of nitrogens with two attached hydrogens (primary N) is 1. The van der Waals surface area contributed by atoms with E-state index in [1.54, 1.807) is 23.1 Å². The summed E-state index contributed by atoms with van der Waals surface area (Å²) >= 11 is 0. The Hall–Kier alpha value is -2.41. The van der Waals surface area contributed by atoms with Crippen LogP contribution in [0.25, 0.3) is 11.0 Å². The van der Waals surface area contributed by atoms with Crippen molar-refractivity contribution in [3.8, 4) is 0 Å². The SMILES string of the molecule is CC[C@@H]1CN(C(=O)c2nc3c(C(N)=O)cccc3[nH]2)CCN1. The summed E-state index contributed by atoms with van der Waals surface area (Å²) in [5.74, 6) is -0.448. The molecule has 2 heterocycles. The van der Waals surface area contributed by atoms with Crippen molar-refractivity contribution in [3.05, 3.63) is 29.6 Å². The topological polar surface area (TPSA) is 104 Å². The van der Waals surface area contributed by atoms with E-state index in [0.717, 1.165) is 13.0 Å². The molecule has 1 saturated heterocycles. The van der Waals surface area contributed by atoms with Gasteiger partial charge < -0.3 is 20.9 Å². The monoisotopic (exact) mass is 301 g/mol. The van der Waals surface area contributed by atoms with E-state index in [2.05, 4.69) is 22.2 Å². The van der Waals surface area contributed by atoms with Crippen molar-refractivity contribution in [2.75, 3.05) is 19.6 Å². The van der Waals surface area contributed by atoms with Gasteiger partial charge in [-0.1, -0.05) is 13.0 Å². The van der Waals surface area contributed by atoms with Gasteiger partial charge in [-0.05, 0) is 18.6 Å². The predicted octanol–water partition coefficient (Wildman–Crippen LogP) is 0.486. The number of fused-ring (bicyclic) bond motifs is 1. The summed E-state index contributed by atoms with van der Waals surface area (Å²) in [6.45, 7) is 4.17. The van der Waals surface area contributed by atoms with E-state index >= 15 is 0 Å². The zero-order chi connectivity index (χ0) is 15.7. The van der Waals surface area contributed by atoms with E-state index in [1.165, 1.54) is 0 Å². The van der Waals surface area contributed by atoms with Gasteiger partial charge in [0, 0.05) is 25.7 Å². The molecule has 0 saturated carbocycles. The van der Waals surface area contributed by atoms with Gasteiger partial charge in [-0.3, -0.25) is 9.59 Å². The lowest BCUT2D eigenvalue weighted by Gasteiger charge is -2.32. The van der Waals surface area contributed by atoms with Crippen LogP contribution >= 0.6 is 0 Å². The maximum atomic E-state index is 12.6. The molecule has 7 heteroatoms. The number of hydrogen-bond acceptors (Lipinski definition) is 4. The van der Waals surface area contributed by atoms with Crippen molar-refractivity contribution in [1.29, 1.82) is 0 Å². The Morgan fingerprint density at radius 2 is 2.27 bits per heavy atom. The molecule has 1 aliphatic rings. The van der Waals surface area contributed by atoms with Crippen molar-refractivity contribution < 1.29 is 9.59 Å². The summed E-state index contributed by atoms with van der Waals surface area (Å²) < 4.78 is 0. The number of carbonyl (C=O) groups is 2. The Labute approximate surface area is 127 Å². The first-order valence-corrected chi connectivity index (χ1v) is 7.41. The number of rotatable bonds is 3. The van der Waals surface area contributed by atoms with Crippen molar-refractivity contribution in [2.24, 2.45) is 5.73 Å². The predicted molar refractivity (Wildman–Crippen MR) is 82.6 cm³/mol. The average molecular weight is 301 g/mol. The van der Waals surface area contributed by atoms with Gasteiger partial charge >= 0.3 is 0 Å². The lowest BCUT2D eigenvalue weighted by atomic mass is 10.1. The lowest BCUT2D eigenvalue weighted by molar-refractivity contribution is 0.0690. The normalized spacial score (nSPS) is 18.6. The first-order chi connectivity index (χ1) is 10.6. The van der Waals surface area contributed by atoms with Crippen LogP contribution in [-0.4, -0.2) is 52.4 Å². The molecule has 1 fully saturated rings. The first kappa shape index (κ1) is 14.5. The number of nitrogens with one attached hydrogen (secondary N) is 2. The number of amides is 2. The van der Waals surface area contributed by atoms with E-state index in [-0.39, 0.29) is 11.7 Å². The van der Waals surface area contributed by atoms with Crippen molar-refractivity contribution in [2.45, 2.75) is 19.4 Å². The van der Waals surface area contributed by atoms with Crippen molar-refractivity contribution >= 4 is 22.8 Å². The van der Waals surface area contributed by atoms with Crippen LogP contribution in [0.3, 0.4) is 0 Å². The second kappa shape index (κ2) is 5.76. The van der Waals surface area contributed by atoms with Crippen LogP contribution in [0.1, 0.15) is 34.3 Å². The highest BCUT2D eigenvalue weighted by Gasteiger charge is 2.25. The second-order valence-electron chi connectivity index (χ2n) is 5.46. The molecule has 2 aromatic rings. The standard InChI is InChI=1S/C15H19N5O2/c1-2-9-8-20(7-6-17-9)15(22)14-18-11-5-3-4-10(13(16)21)12(11)19-14/h3-5,9,17H,2,6-8H2,1H3,(H2,16,21)(H,18,19)/t9-/m1/s1. The van der Waals surface area contributed by atoms with E-state index in [0.29, 0.717) is 35.7 Å². The number of para-hydroxylation sites is 1. The fraction of sp³-hybridized carbons (Fsp3) is 0.400. The third kappa shape index (κ3) is 2.55. The quantitative estimate of drug-likeness (QED) is 0.767. The Kier molecular flexibility index (Phi) is 3.81. The molecule has 0 aliphatic carbocycles. The smallest absolute Gasteiger partial charge is 0.289 e. The second-order valence-corrected chi connectivity index (χ2v) is 5.46. The molecule has 7 nitrogen and oxygen atoms in total. The number of imidazole rings is 1. The van der Waals surface area contributed by atoms with Gasteiger partial charge in [-0.15, -0.1) is 0 Å². The van der Waals surface area contributed by atoms with Crippen LogP contribution in [0.15, 0.2) is 18.2 Å². The van der Waals surface area contributed by atoms with Crippen LogP contribution in [0.4, 0.5) is 0 Å². The van der Waals surface area contributed by atoms with Crippen molar-refractivity contribution in [3.63, 3.8) is 0 Å². The summed E-state index contributed by atoms with van der Waals surface area (Å²) in [6, 6.07) is 5.41. The minimum Gasteiger partial charge on any atom is -0.366 e. The highest BCUT2D eigenvalue weighted by Crippen LogP contribution is 2.17. The van der Waals surface area contributed by atoms with E-state index < -0.39 is 5.91 Å². The number of nitrogens with zero attached hydrogens (tertiary/aromatic N) is 2. The Balaban J connectivity index is 1.91. The molecular formula is C15H19N5O2. The highest BCUT2D eigenvalue weighted by atomic mass is 16.2. The fourth-order valence-corrected chi connectivity index (χ4v) is 2.77. The molecule has 1 aliphatic heterocycles. The molecule has 2 amide bonds. The van der Waals surface area contributed by atoms with Crippen molar-refractivity contribution in [1.82, 2.24) is 20.2 Å². The summed E-state index contributed by atoms with van der Waals surface area (Å²) in [6.07, 6.45) is 0.968. The van der Waals surface area contributed by atoms with Crippen LogP contribution in [0, 0.1) is 0 Å². The summed E-state index contributed by atoms with van der Waals surface area (Å²) in [4.78, 5) is 33.1. The largest absolute Gasteiger partial charge is 0.366 e. The summed E-state index contributed by atoms with van der Waals surface area (Å²) in [5, 5.41) is 3.37. The molecular weight excluding hydrogens is 282 g/mol. The fourth-order valence-electron chi connectivity index (χ4n) is 2.77. The summed E-state index contributed by atoms with van der Waals surface area (Å²) in [7, 11) is 0. The molecule has 116 valence electrons. The van der Waals surface area contributed by atoms with Crippen LogP contribution in [0.5, 0.6) is 0 Å². The third-order valence-corrected chi connectivity index (χ3v) is 4.02. The number of hydrogen-bond donors (Lipinski definition) is 3. The zero-order valence-electron chi connectivity index (χ0n) is 12.4. The molecule has 0 radical (unpaired) electrons. The number of aromatic nitrogens is 2. The van der Waals surface area contributed by atoms with Gasteiger partial charge in [0.1, 0.15) is 5.52 Å².